The first-order valence-corrected chi connectivity index (χ1v) is 10.5. The number of nitrogens with zero attached hydrogens (tertiary/aromatic N) is 1. The van der Waals surface area contributed by atoms with Gasteiger partial charge in [0.15, 0.2) is 0 Å². The first kappa shape index (κ1) is 18.6. The van der Waals surface area contributed by atoms with Crippen molar-refractivity contribution < 1.29 is 4.79 Å². The summed E-state index contributed by atoms with van der Waals surface area (Å²) < 4.78 is 0. The summed E-state index contributed by atoms with van der Waals surface area (Å²) in [5.74, 6) is -0.0355. The van der Waals surface area contributed by atoms with Crippen molar-refractivity contribution in [3.63, 3.8) is 0 Å². The van der Waals surface area contributed by atoms with Gasteiger partial charge in [-0.2, -0.15) is 0 Å². The van der Waals surface area contributed by atoms with Gasteiger partial charge in [0.2, 0.25) is 5.91 Å². The van der Waals surface area contributed by atoms with Gasteiger partial charge in [0.1, 0.15) is 6.04 Å². The van der Waals surface area contributed by atoms with E-state index >= 15 is 0 Å². The number of benzene rings is 2. The molecular formula is C21H27N3OS. The summed E-state index contributed by atoms with van der Waals surface area (Å²) in [4.78, 5) is 16.0. The highest BCUT2D eigenvalue weighted by Gasteiger charge is 2.15. The number of carbonyl (C=O) groups excluding carboxylic acids is 1. The zero-order valence-corrected chi connectivity index (χ0v) is 16.3. The van der Waals surface area contributed by atoms with Crippen LogP contribution in [0.15, 0.2) is 53.4 Å². The first-order chi connectivity index (χ1) is 12.7. The average molecular weight is 370 g/mol. The zero-order chi connectivity index (χ0) is 18.4. The van der Waals surface area contributed by atoms with Crippen molar-refractivity contribution in [1.29, 1.82) is 0 Å². The molecule has 138 valence electrons. The van der Waals surface area contributed by atoms with Gasteiger partial charge in [-0.25, -0.2) is 0 Å². The largest absolute Gasteiger partial charge is 0.374 e. The van der Waals surface area contributed by atoms with Crippen LogP contribution in [0.3, 0.4) is 0 Å². The maximum atomic E-state index is 12.5. The minimum Gasteiger partial charge on any atom is -0.374 e. The van der Waals surface area contributed by atoms with Crippen LogP contribution >= 0.6 is 11.8 Å². The highest BCUT2D eigenvalue weighted by atomic mass is 32.2. The minimum absolute atomic E-state index is 0.0355. The number of para-hydroxylation sites is 1. The van der Waals surface area contributed by atoms with Gasteiger partial charge in [0, 0.05) is 29.4 Å². The fourth-order valence-corrected chi connectivity index (χ4v) is 3.78. The average Bonchev–Trinajstić information content (AvgIpc) is 2.69. The Balaban J connectivity index is 1.58. The molecule has 0 saturated carbocycles. The number of hydrogen-bond donors (Lipinski definition) is 2. The van der Waals surface area contributed by atoms with E-state index in [1.165, 1.54) is 24.9 Å². The fourth-order valence-electron chi connectivity index (χ4n) is 3.23. The van der Waals surface area contributed by atoms with Crippen molar-refractivity contribution in [2.45, 2.75) is 37.1 Å². The molecule has 1 heterocycles. The van der Waals surface area contributed by atoms with E-state index in [4.69, 9.17) is 0 Å². The van der Waals surface area contributed by atoms with Crippen LogP contribution in [0.5, 0.6) is 0 Å². The number of anilines is 3. The second kappa shape index (κ2) is 8.99. The number of hydrogen-bond acceptors (Lipinski definition) is 4. The number of rotatable bonds is 6. The lowest BCUT2D eigenvalue weighted by Crippen LogP contribution is -2.32. The van der Waals surface area contributed by atoms with Crippen LogP contribution in [0.4, 0.5) is 17.1 Å². The van der Waals surface area contributed by atoms with Gasteiger partial charge in [-0.05, 0) is 68.8 Å². The molecule has 2 aromatic carbocycles. The fraction of sp³-hybridized carbons (Fsp3) is 0.381. The van der Waals surface area contributed by atoms with E-state index in [-0.39, 0.29) is 11.9 Å². The van der Waals surface area contributed by atoms with E-state index in [9.17, 15) is 4.79 Å². The van der Waals surface area contributed by atoms with Gasteiger partial charge < -0.3 is 15.5 Å². The van der Waals surface area contributed by atoms with Crippen LogP contribution in [0.1, 0.15) is 26.2 Å². The molecule has 1 amide bonds. The van der Waals surface area contributed by atoms with Crippen molar-refractivity contribution in [3.05, 3.63) is 48.5 Å². The Labute approximate surface area is 160 Å². The van der Waals surface area contributed by atoms with Crippen LogP contribution in [0.2, 0.25) is 0 Å². The van der Waals surface area contributed by atoms with Gasteiger partial charge in [0.05, 0.1) is 5.69 Å². The molecule has 0 aliphatic carbocycles. The Bertz CT molecular complexity index is 726. The molecule has 2 aromatic rings. The highest BCUT2D eigenvalue weighted by molar-refractivity contribution is 7.98. The SMILES string of the molecule is CSc1ccccc1NC(=O)[C@@H](C)Nc1ccc(N2CCCCC2)cc1. The van der Waals surface area contributed by atoms with Crippen molar-refractivity contribution in [1.82, 2.24) is 0 Å². The molecular weight excluding hydrogens is 342 g/mol. The summed E-state index contributed by atoms with van der Waals surface area (Å²) in [7, 11) is 0. The summed E-state index contributed by atoms with van der Waals surface area (Å²) >= 11 is 1.63. The van der Waals surface area contributed by atoms with E-state index in [0.717, 1.165) is 29.4 Å². The zero-order valence-electron chi connectivity index (χ0n) is 15.5. The molecule has 1 saturated heterocycles. The van der Waals surface area contributed by atoms with Gasteiger partial charge in [0.25, 0.3) is 0 Å². The van der Waals surface area contributed by atoms with E-state index in [0.29, 0.717) is 0 Å². The Morgan fingerprint density at radius 3 is 2.42 bits per heavy atom. The van der Waals surface area contributed by atoms with E-state index in [1.807, 2.05) is 37.4 Å². The molecule has 0 radical (unpaired) electrons. The predicted molar refractivity (Wildman–Crippen MR) is 112 cm³/mol. The standard InChI is InChI=1S/C21H27N3OS/c1-16(21(25)23-19-8-4-5-9-20(19)26-2)22-17-10-12-18(13-11-17)24-14-6-3-7-15-24/h4-5,8-13,16,22H,3,6-7,14-15H2,1-2H3,(H,23,25)/t16-/m1/s1. The molecule has 1 atom stereocenters. The van der Waals surface area contributed by atoms with Gasteiger partial charge in [-0.15, -0.1) is 11.8 Å². The summed E-state index contributed by atoms with van der Waals surface area (Å²) in [6.45, 7) is 4.16. The molecule has 1 aliphatic rings. The van der Waals surface area contributed by atoms with Crippen LogP contribution in [-0.4, -0.2) is 31.3 Å². The maximum Gasteiger partial charge on any atom is 0.246 e. The second-order valence-electron chi connectivity index (χ2n) is 6.65. The highest BCUT2D eigenvalue weighted by Crippen LogP contribution is 2.25. The quantitative estimate of drug-likeness (QED) is 0.715. The van der Waals surface area contributed by atoms with Crippen molar-refractivity contribution in [2.75, 3.05) is 34.9 Å². The summed E-state index contributed by atoms with van der Waals surface area (Å²) in [6.07, 6.45) is 5.89. The molecule has 26 heavy (non-hydrogen) atoms. The van der Waals surface area contributed by atoms with Gasteiger partial charge >= 0.3 is 0 Å². The van der Waals surface area contributed by atoms with Crippen molar-refractivity contribution in [2.24, 2.45) is 0 Å². The third-order valence-corrected chi connectivity index (χ3v) is 5.53. The van der Waals surface area contributed by atoms with E-state index in [1.54, 1.807) is 11.8 Å². The lowest BCUT2D eigenvalue weighted by molar-refractivity contribution is -0.116. The minimum atomic E-state index is -0.314. The normalized spacial score (nSPS) is 15.4. The molecule has 0 bridgehead atoms. The number of carbonyl (C=O) groups is 1. The van der Waals surface area contributed by atoms with Crippen molar-refractivity contribution >= 4 is 34.7 Å². The Morgan fingerprint density at radius 2 is 1.73 bits per heavy atom. The summed E-state index contributed by atoms with van der Waals surface area (Å²) in [6, 6.07) is 15.9. The van der Waals surface area contributed by atoms with Gasteiger partial charge in [-0.1, -0.05) is 12.1 Å². The van der Waals surface area contributed by atoms with Gasteiger partial charge in [-0.3, -0.25) is 4.79 Å². The third-order valence-electron chi connectivity index (χ3n) is 4.73. The molecule has 2 N–H and O–H groups in total. The third kappa shape index (κ3) is 4.73. The summed E-state index contributed by atoms with van der Waals surface area (Å²) in [5.41, 5.74) is 3.09. The molecule has 5 heteroatoms. The molecule has 0 spiro atoms. The van der Waals surface area contributed by atoms with Crippen LogP contribution in [-0.2, 0) is 4.79 Å². The lowest BCUT2D eigenvalue weighted by atomic mass is 10.1. The molecule has 1 aliphatic heterocycles. The van der Waals surface area contributed by atoms with Crippen LogP contribution in [0, 0.1) is 0 Å². The van der Waals surface area contributed by atoms with E-state index < -0.39 is 0 Å². The van der Waals surface area contributed by atoms with Crippen LogP contribution < -0.4 is 15.5 Å². The van der Waals surface area contributed by atoms with Crippen LogP contribution in [0.25, 0.3) is 0 Å². The lowest BCUT2D eigenvalue weighted by Gasteiger charge is -2.29. The second-order valence-corrected chi connectivity index (χ2v) is 7.50. The molecule has 0 aromatic heterocycles. The smallest absolute Gasteiger partial charge is 0.246 e. The summed E-state index contributed by atoms with van der Waals surface area (Å²) in [5, 5.41) is 6.31. The Hall–Kier alpha value is -2.14. The monoisotopic (exact) mass is 369 g/mol. The predicted octanol–water partition coefficient (Wildman–Crippen LogP) is 4.84. The molecule has 3 rings (SSSR count). The number of amides is 1. The molecule has 1 fully saturated rings. The Kier molecular flexibility index (Phi) is 6.45. The Morgan fingerprint density at radius 1 is 1.04 bits per heavy atom. The first-order valence-electron chi connectivity index (χ1n) is 9.23. The number of thioether (sulfide) groups is 1. The maximum absolute atomic E-state index is 12.5. The number of nitrogens with one attached hydrogen (secondary N) is 2. The molecule has 4 nitrogen and oxygen atoms in total. The number of piperidine rings is 1. The topological polar surface area (TPSA) is 44.4 Å². The van der Waals surface area contributed by atoms with E-state index in [2.05, 4.69) is 39.8 Å². The molecule has 0 unspecified atom stereocenters. The van der Waals surface area contributed by atoms with Crippen molar-refractivity contribution in [3.8, 4) is 0 Å².